The van der Waals surface area contributed by atoms with Gasteiger partial charge in [-0.05, 0) is 18.9 Å². The molecule has 1 saturated heterocycles. The Kier molecular flexibility index (Phi) is 4.35. The van der Waals surface area contributed by atoms with Crippen LogP contribution < -0.4 is 10.6 Å². The molecule has 0 saturated carbocycles. The Bertz CT molecular complexity index is 197. The zero-order valence-electron chi connectivity index (χ0n) is 8.92. The lowest BCUT2D eigenvalue weighted by atomic mass is 9.97. The zero-order valence-corrected chi connectivity index (χ0v) is 8.92. The summed E-state index contributed by atoms with van der Waals surface area (Å²) in [6, 6.07) is 0. The van der Waals surface area contributed by atoms with Crippen LogP contribution in [-0.4, -0.2) is 36.8 Å². The number of hydrogen-bond acceptors (Lipinski definition) is 3. The molecule has 0 radical (unpaired) electrons. The van der Waals surface area contributed by atoms with Crippen LogP contribution in [0.25, 0.3) is 0 Å². The van der Waals surface area contributed by atoms with Crippen molar-refractivity contribution in [2.24, 2.45) is 11.8 Å². The smallest absolute Gasteiger partial charge is 0.224 e. The summed E-state index contributed by atoms with van der Waals surface area (Å²) in [5.41, 5.74) is 0. The fourth-order valence-corrected chi connectivity index (χ4v) is 1.65. The quantitative estimate of drug-likeness (QED) is 0.585. The third kappa shape index (κ3) is 2.96. The Morgan fingerprint density at radius 2 is 2.36 bits per heavy atom. The highest BCUT2D eigenvalue weighted by molar-refractivity contribution is 5.79. The van der Waals surface area contributed by atoms with Gasteiger partial charge in [0.05, 0.1) is 12.0 Å². The molecule has 1 fully saturated rings. The molecule has 14 heavy (non-hydrogen) atoms. The first-order chi connectivity index (χ1) is 6.65. The van der Waals surface area contributed by atoms with Gasteiger partial charge in [-0.15, -0.1) is 0 Å². The number of aliphatic hydroxyl groups is 1. The van der Waals surface area contributed by atoms with Gasteiger partial charge >= 0.3 is 0 Å². The number of aliphatic hydroxyl groups excluding tert-OH is 1. The predicted octanol–water partition coefficient (Wildman–Crippen LogP) is -0.271. The number of carbonyl (C=O) groups is 1. The van der Waals surface area contributed by atoms with Gasteiger partial charge in [0, 0.05) is 13.1 Å². The second-order valence-electron chi connectivity index (χ2n) is 4.05. The summed E-state index contributed by atoms with van der Waals surface area (Å²) in [5.74, 6) is 0.530. The highest BCUT2D eigenvalue weighted by atomic mass is 16.3. The normalized spacial score (nSPS) is 28.8. The molecule has 4 heteroatoms. The van der Waals surface area contributed by atoms with Crippen LogP contribution in [0.2, 0.25) is 0 Å². The van der Waals surface area contributed by atoms with Crippen LogP contribution in [-0.2, 0) is 4.79 Å². The molecular formula is C10H20N2O2. The van der Waals surface area contributed by atoms with Gasteiger partial charge < -0.3 is 15.7 Å². The topological polar surface area (TPSA) is 61.4 Å². The van der Waals surface area contributed by atoms with Crippen molar-refractivity contribution in [3.8, 4) is 0 Å². The van der Waals surface area contributed by atoms with E-state index in [0.29, 0.717) is 18.9 Å². The molecule has 1 amide bonds. The number of amides is 1. The molecule has 3 atom stereocenters. The molecule has 1 heterocycles. The minimum absolute atomic E-state index is 0.0648. The van der Waals surface area contributed by atoms with E-state index in [4.69, 9.17) is 0 Å². The Labute approximate surface area is 85.1 Å². The minimum Gasteiger partial charge on any atom is -0.391 e. The Hall–Kier alpha value is -0.610. The van der Waals surface area contributed by atoms with Crippen LogP contribution >= 0.6 is 0 Å². The predicted molar refractivity (Wildman–Crippen MR) is 54.8 cm³/mol. The van der Waals surface area contributed by atoms with Crippen molar-refractivity contribution in [2.45, 2.75) is 26.4 Å². The number of hydrogen-bond donors (Lipinski definition) is 3. The monoisotopic (exact) mass is 200 g/mol. The van der Waals surface area contributed by atoms with Crippen LogP contribution in [0.15, 0.2) is 0 Å². The second-order valence-corrected chi connectivity index (χ2v) is 4.05. The van der Waals surface area contributed by atoms with Crippen molar-refractivity contribution in [1.29, 1.82) is 0 Å². The van der Waals surface area contributed by atoms with E-state index in [1.807, 2.05) is 6.92 Å². The summed E-state index contributed by atoms with van der Waals surface area (Å²) in [4.78, 5) is 11.6. The van der Waals surface area contributed by atoms with Crippen molar-refractivity contribution in [2.75, 3.05) is 19.6 Å². The van der Waals surface area contributed by atoms with Gasteiger partial charge in [0.15, 0.2) is 0 Å². The lowest BCUT2D eigenvalue weighted by molar-refractivity contribution is -0.125. The molecule has 0 aromatic carbocycles. The largest absolute Gasteiger partial charge is 0.391 e. The molecule has 3 N–H and O–H groups in total. The fourth-order valence-electron chi connectivity index (χ4n) is 1.65. The van der Waals surface area contributed by atoms with Gasteiger partial charge in [0.2, 0.25) is 5.91 Å². The van der Waals surface area contributed by atoms with Crippen LogP contribution in [0.3, 0.4) is 0 Å². The molecule has 0 spiro atoms. The summed E-state index contributed by atoms with van der Waals surface area (Å²) < 4.78 is 0. The molecule has 0 bridgehead atoms. The van der Waals surface area contributed by atoms with E-state index in [9.17, 15) is 9.90 Å². The highest BCUT2D eigenvalue weighted by Gasteiger charge is 2.29. The third-order valence-corrected chi connectivity index (χ3v) is 2.84. The average Bonchev–Trinajstić information content (AvgIpc) is 2.60. The minimum atomic E-state index is -0.413. The maximum Gasteiger partial charge on any atom is 0.224 e. The van der Waals surface area contributed by atoms with Gasteiger partial charge in [-0.3, -0.25) is 4.79 Å². The molecule has 1 rings (SSSR count). The average molecular weight is 200 g/mol. The van der Waals surface area contributed by atoms with Gasteiger partial charge in [-0.25, -0.2) is 0 Å². The van der Waals surface area contributed by atoms with Gasteiger partial charge in [-0.1, -0.05) is 13.8 Å². The van der Waals surface area contributed by atoms with Crippen LogP contribution in [0.1, 0.15) is 20.3 Å². The molecule has 1 aliphatic rings. The maximum absolute atomic E-state index is 11.6. The van der Waals surface area contributed by atoms with E-state index in [2.05, 4.69) is 17.6 Å². The van der Waals surface area contributed by atoms with Crippen molar-refractivity contribution < 1.29 is 9.90 Å². The van der Waals surface area contributed by atoms with Crippen LogP contribution in [0.4, 0.5) is 0 Å². The first kappa shape index (κ1) is 11.5. The van der Waals surface area contributed by atoms with Gasteiger partial charge in [0.1, 0.15) is 0 Å². The Morgan fingerprint density at radius 3 is 2.86 bits per heavy atom. The van der Waals surface area contributed by atoms with Crippen LogP contribution in [0, 0.1) is 11.8 Å². The molecule has 3 unspecified atom stereocenters. The third-order valence-electron chi connectivity index (χ3n) is 2.84. The lowest BCUT2D eigenvalue weighted by Crippen LogP contribution is -2.38. The van der Waals surface area contributed by atoms with Crippen molar-refractivity contribution in [3.63, 3.8) is 0 Å². The fraction of sp³-hybridized carbons (Fsp3) is 0.900. The van der Waals surface area contributed by atoms with E-state index < -0.39 is 6.10 Å². The molecule has 82 valence electrons. The van der Waals surface area contributed by atoms with Crippen molar-refractivity contribution in [3.05, 3.63) is 0 Å². The molecular weight excluding hydrogens is 180 g/mol. The first-order valence-electron chi connectivity index (χ1n) is 5.31. The number of nitrogens with one attached hydrogen (secondary N) is 2. The molecule has 1 aliphatic heterocycles. The van der Waals surface area contributed by atoms with E-state index >= 15 is 0 Å². The number of rotatable bonds is 4. The Balaban J connectivity index is 2.27. The highest BCUT2D eigenvalue weighted by Crippen LogP contribution is 2.15. The van der Waals surface area contributed by atoms with Crippen LogP contribution in [0.5, 0.6) is 0 Å². The molecule has 0 aromatic rings. The van der Waals surface area contributed by atoms with Crippen molar-refractivity contribution >= 4 is 5.91 Å². The summed E-state index contributed by atoms with van der Waals surface area (Å²) in [7, 11) is 0. The SMILES string of the molecule is CCC(O)CNC(=O)C1CNCC1C. The zero-order chi connectivity index (χ0) is 10.6. The molecule has 0 aliphatic carbocycles. The van der Waals surface area contributed by atoms with E-state index in [1.54, 1.807) is 0 Å². The van der Waals surface area contributed by atoms with Crippen molar-refractivity contribution in [1.82, 2.24) is 10.6 Å². The summed E-state index contributed by atoms with van der Waals surface area (Å²) in [5, 5.41) is 15.2. The summed E-state index contributed by atoms with van der Waals surface area (Å²) >= 11 is 0. The molecule has 0 aromatic heterocycles. The Morgan fingerprint density at radius 1 is 1.64 bits per heavy atom. The lowest BCUT2D eigenvalue weighted by Gasteiger charge is -2.15. The van der Waals surface area contributed by atoms with E-state index in [1.165, 1.54) is 0 Å². The van der Waals surface area contributed by atoms with E-state index in [-0.39, 0.29) is 11.8 Å². The van der Waals surface area contributed by atoms with Gasteiger partial charge in [0.25, 0.3) is 0 Å². The maximum atomic E-state index is 11.6. The molecule has 4 nitrogen and oxygen atoms in total. The summed E-state index contributed by atoms with van der Waals surface area (Å²) in [6.45, 7) is 6.01. The first-order valence-corrected chi connectivity index (χ1v) is 5.31. The second kappa shape index (κ2) is 5.32. The van der Waals surface area contributed by atoms with Gasteiger partial charge in [-0.2, -0.15) is 0 Å². The number of carbonyl (C=O) groups excluding carboxylic acids is 1. The van der Waals surface area contributed by atoms with E-state index in [0.717, 1.165) is 13.1 Å². The summed E-state index contributed by atoms with van der Waals surface area (Å²) in [6.07, 6.45) is 0.266. The standard InChI is InChI=1S/C10H20N2O2/c1-3-8(13)5-12-10(14)9-6-11-4-7(9)2/h7-9,11,13H,3-6H2,1-2H3,(H,12,14).